The number of carboxylic acid groups (broad SMARTS) is 1. The first kappa shape index (κ1) is 17.5. The lowest BCUT2D eigenvalue weighted by molar-refractivity contribution is 0.0696. The molecule has 4 aromatic rings. The van der Waals surface area contributed by atoms with Crippen molar-refractivity contribution < 1.29 is 14.6 Å². The van der Waals surface area contributed by atoms with Crippen LogP contribution in [0.4, 0.5) is 0 Å². The van der Waals surface area contributed by atoms with Gasteiger partial charge in [0, 0.05) is 11.1 Å². The number of nitrogens with zero attached hydrogens (tertiary/aromatic N) is 1. The highest BCUT2D eigenvalue weighted by Gasteiger charge is 2.23. The van der Waals surface area contributed by atoms with Crippen LogP contribution < -0.4 is 10.2 Å². The van der Waals surface area contributed by atoms with Gasteiger partial charge in [-0.3, -0.25) is 4.79 Å². The molecule has 4 rings (SSSR count). The average Bonchev–Trinajstić information content (AvgIpc) is 2.74. The molecule has 0 fully saturated rings. The molecule has 0 aliphatic heterocycles. The molecule has 0 unspecified atom stereocenters. The van der Waals surface area contributed by atoms with E-state index in [9.17, 15) is 14.7 Å². The zero-order chi connectivity index (χ0) is 19.7. The third-order valence-corrected chi connectivity index (χ3v) is 4.67. The fourth-order valence-electron chi connectivity index (χ4n) is 3.40. The summed E-state index contributed by atoms with van der Waals surface area (Å²) in [6, 6.07) is 23.4. The highest BCUT2D eigenvalue weighted by molar-refractivity contribution is 6.00. The minimum atomic E-state index is -1.25. The van der Waals surface area contributed by atoms with Crippen molar-refractivity contribution in [2.75, 3.05) is 7.11 Å². The molecule has 0 aliphatic rings. The van der Waals surface area contributed by atoms with Crippen LogP contribution in [0.25, 0.3) is 27.8 Å². The summed E-state index contributed by atoms with van der Waals surface area (Å²) in [7, 11) is 1.59. The number of rotatable bonds is 4. The summed E-state index contributed by atoms with van der Waals surface area (Å²) in [5.74, 6) is -0.564. The lowest BCUT2D eigenvalue weighted by Crippen LogP contribution is -2.21. The van der Waals surface area contributed by atoms with Gasteiger partial charge in [-0.15, -0.1) is 0 Å². The van der Waals surface area contributed by atoms with Gasteiger partial charge in [-0.25, -0.2) is 4.79 Å². The topological polar surface area (TPSA) is 68.5 Å². The normalized spacial score (nSPS) is 10.8. The van der Waals surface area contributed by atoms with Crippen LogP contribution in [-0.4, -0.2) is 22.8 Å². The number of carbonyl (C=O) groups is 1. The molecule has 3 aromatic carbocycles. The molecule has 5 heteroatoms. The summed E-state index contributed by atoms with van der Waals surface area (Å²) in [4.78, 5) is 25.1. The van der Waals surface area contributed by atoms with E-state index in [1.165, 1.54) is 0 Å². The van der Waals surface area contributed by atoms with E-state index in [2.05, 4.69) is 0 Å². The predicted octanol–water partition coefficient (Wildman–Crippen LogP) is 4.36. The summed E-state index contributed by atoms with van der Waals surface area (Å²) in [5, 5.41) is 10.2. The lowest BCUT2D eigenvalue weighted by Gasteiger charge is -2.20. The molecule has 0 bridgehead atoms. The van der Waals surface area contributed by atoms with Gasteiger partial charge in [-0.1, -0.05) is 42.5 Å². The second kappa shape index (κ2) is 7.04. The van der Waals surface area contributed by atoms with Gasteiger partial charge in [0.05, 0.1) is 18.3 Å². The Morgan fingerprint density at radius 2 is 1.54 bits per heavy atom. The quantitative estimate of drug-likeness (QED) is 0.579. The standard InChI is InChI=1S/C23H17NO4/c1-28-17-13-11-16(12-14-17)24-19-10-6-5-9-18(19)22(25)20(23(26)27)21(24)15-7-3-2-4-8-15/h2-14H,1H3,(H,26,27). The van der Waals surface area contributed by atoms with Gasteiger partial charge in [0.1, 0.15) is 11.3 Å². The van der Waals surface area contributed by atoms with E-state index in [-0.39, 0.29) is 5.56 Å². The summed E-state index contributed by atoms with van der Waals surface area (Å²) in [6.07, 6.45) is 0. The molecule has 138 valence electrons. The maximum Gasteiger partial charge on any atom is 0.341 e. The zero-order valence-electron chi connectivity index (χ0n) is 15.1. The van der Waals surface area contributed by atoms with Crippen molar-refractivity contribution in [1.29, 1.82) is 0 Å². The fourth-order valence-corrected chi connectivity index (χ4v) is 3.40. The Kier molecular flexibility index (Phi) is 4.41. The van der Waals surface area contributed by atoms with Gasteiger partial charge >= 0.3 is 5.97 Å². The van der Waals surface area contributed by atoms with Gasteiger partial charge in [0.15, 0.2) is 0 Å². The number of ether oxygens (including phenoxy) is 1. The van der Waals surface area contributed by atoms with E-state index < -0.39 is 11.4 Å². The van der Waals surface area contributed by atoms with E-state index in [4.69, 9.17) is 4.74 Å². The summed E-state index contributed by atoms with van der Waals surface area (Å²) >= 11 is 0. The van der Waals surface area contributed by atoms with Crippen molar-refractivity contribution in [3.8, 4) is 22.7 Å². The van der Waals surface area contributed by atoms with Gasteiger partial charge < -0.3 is 14.4 Å². The first-order valence-electron chi connectivity index (χ1n) is 8.72. The second-order valence-electron chi connectivity index (χ2n) is 6.27. The average molecular weight is 371 g/mol. The Morgan fingerprint density at radius 3 is 2.18 bits per heavy atom. The van der Waals surface area contributed by atoms with E-state index in [1.54, 1.807) is 43.5 Å². The maximum absolute atomic E-state index is 13.0. The van der Waals surface area contributed by atoms with Crippen molar-refractivity contribution in [2.45, 2.75) is 0 Å². The Balaban J connectivity index is 2.21. The van der Waals surface area contributed by atoms with Gasteiger partial charge in [0.25, 0.3) is 0 Å². The molecule has 0 spiro atoms. The van der Waals surface area contributed by atoms with Crippen molar-refractivity contribution in [3.05, 3.63) is 94.6 Å². The molecule has 1 aromatic heterocycles. The number of methoxy groups -OCH3 is 1. The highest BCUT2D eigenvalue weighted by atomic mass is 16.5. The van der Waals surface area contributed by atoms with Crippen molar-refractivity contribution in [1.82, 2.24) is 4.57 Å². The molecule has 0 saturated carbocycles. The zero-order valence-corrected chi connectivity index (χ0v) is 15.1. The number of para-hydroxylation sites is 1. The Morgan fingerprint density at radius 1 is 0.893 bits per heavy atom. The third kappa shape index (κ3) is 2.83. The molecular formula is C23H17NO4. The third-order valence-electron chi connectivity index (χ3n) is 4.67. The minimum Gasteiger partial charge on any atom is -0.497 e. The van der Waals surface area contributed by atoms with Crippen LogP contribution in [0.3, 0.4) is 0 Å². The maximum atomic E-state index is 13.0. The predicted molar refractivity (Wildman–Crippen MR) is 108 cm³/mol. The van der Waals surface area contributed by atoms with Crippen LogP contribution >= 0.6 is 0 Å². The molecule has 0 atom stereocenters. The molecule has 0 saturated heterocycles. The van der Waals surface area contributed by atoms with E-state index in [0.717, 1.165) is 5.69 Å². The summed E-state index contributed by atoms with van der Waals surface area (Å²) in [6.45, 7) is 0. The van der Waals surface area contributed by atoms with E-state index in [1.807, 2.05) is 47.0 Å². The number of aromatic carboxylic acids is 1. The SMILES string of the molecule is COc1ccc(-n2c(-c3ccccc3)c(C(=O)O)c(=O)c3ccccc32)cc1. The van der Waals surface area contributed by atoms with Crippen LogP contribution in [0.1, 0.15) is 10.4 Å². The van der Waals surface area contributed by atoms with Crippen LogP contribution in [0, 0.1) is 0 Å². The summed E-state index contributed by atoms with van der Waals surface area (Å²) < 4.78 is 7.05. The number of pyridine rings is 1. The van der Waals surface area contributed by atoms with Gasteiger partial charge in [-0.2, -0.15) is 0 Å². The molecule has 0 radical (unpaired) electrons. The number of carboxylic acids is 1. The number of benzene rings is 3. The van der Waals surface area contributed by atoms with Gasteiger partial charge in [0.2, 0.25) is 5.43 Å². The number of aromatic nitrogens is 1. The highest BCUT2D eigenvalue weighted by Crippen LogP contribution is 2.30. The number of hydrogen-bond acceptors (Lipinski definition) is 3. The van der Waals surface area contributed by atoms with Crippen LogP contribution in [0.5, 0.6) is 5.75 Å². The molecule has 28 heavy (non-hydrogen) atoms. The fraction of sp³-hybridized carbons (Fsp3) is 0.0435. The van der Waals surface area contributed by atoms with Crippen molar-refractivity contribution in [2.24, 2.45) is 0 Å². The number of hydrogen-bond donors (Lipinski definition) is 1. The molecule has 1 heterocycles. The Labute approximate surface area is 161 Å². The molecular weight excluding hydrogens is 354 g/mol. The molecule has 0 aliphatic carbocycles. The van der Waals surface area contributed by atoms with Crippen LogP contribution in [-0.2, 0) is 0 Å². The number of fused-ring (bicyclic) bond motifs is 1. The Bertz CT molecular complexity index is 1230. The van der Waals surface area contributed by atoms with Crippen LogP contribution in [0.2, 0.25) is 0 Å². The smallest absolute Gasteiger partial charge is 0.341 e. The summed E-state index contributed by atoms with van der Waals surface area (Å²) in [5.41, 5.74) is 1.63. The minimum absolute atomic E-state index is 0.249. The second-order valence-corrected chi connectivity index (χ2v) is 6.27. The molecule has 0 amide bonds. The van der Waals surface area contributed by atoms with Crippen LogP contribution in [0.15, 0.2) is 83.7 Å². The van der Waals surface area contributed by atoms with Crippen molar-refractivity contribution >= 4 is 16.9 Å². The first-order valence-corrected chi connectivity index (χ1v) is 8.72. The van der Waals surface area contributed by atoms with E-state index >= 15 is 0 Å². The lowest BCUT2D eigenvalue weighted by atomic mass is 10.0. The molecule has 1 N–H and O–H groups in total. The largest absolute Gasteiger partial charge is 0.497 e. The monoisotopic (exact) mass is 371 g/mol. The Hall–Kier alpha value is -3.86. The van der Waals surface area contributed by atoms with Crippen molar-refractivity contribution in [3.63, 3.8) is 0 Å². The first-order chi connectivity index (χ1) is 13.6. The van der Waals surface area contributed by atoms with Gasteiger partial charge in [-0.05, 0) is 42.0 Å². The van der Waals surface area contributed by atoms with E-state index in [0.29, 0.717) is 27.9 Å². The molecule has 5 nitrogen and oxygen atoms in total.